The molecule has 35 N–H and O–H groups in total. The van der Waals surface area contributed by atoms with Gasteiger partial charge in [-0.3, -0.25) is 72.7 Å². The zero-order valence-corrected chi connectivity index (χ0v) is 55.4. The number of unbranched alkanes of at least 4 members (excludes halogenated alkanes) is 2. The molecule has 0 unspecified atom stereocenters. The van der Waals surface area contributed by atoms with E-state index >= 15 is 0 Å². The summed E-state index contributed by atoms with van der Waals surface area (Å²) < 4.78 is 0. The largest absolute Gasteiger partial charge is 0.481 e. The van der Waals surface area contributed by atoms with Gasteiger partial charge in [0, 0.05) is 32.6 Å². The summed E-state index contributed by atoms with van der Waals surface area (Å²) in [6, 6.07) is -16.0. The Labute approximate surface area is 557 Å². The SMILES string of the molecule is CC(C)[C@H](NC(=O)[C@H](CCCN=C(N)N)NC(=O)[C@H](CCCCN)NC(=O)[C@H](CCCCN)NC(=O)[C@H](CCCN=C(N)N)NC(=O)[C@H](CCCN=C(N)N)NC(=O)[C@H](CCCN=C(N)N)NC(=O)[C@H](CCC(=O)O)NC(=O)[C@H](C)NC(=O)[C@H](C)NC(=O)[C@@H](N)[C@@H](C)O)C(=O)O. The molecule has 0 radical (unpaired) electrons. The second kappa shape index (κ2) is 47.4. The third-order valence-electron chi connectivity index (χ3n) is 14.3. The molecule has 0 spiro atoms. The number of carbonyl (C=O) groups is 12. The summed E-state index contributed by atoms with van der Waals surface area (Å²) in [6.45, 7) is 7.06. The predicted octanol–water partition coefficient (Wildman–Crippen LogP) is -9.34. The van der Waals surface area contributed by atoms with Crippen LogP contribution in [0.25, 0.3) is 0 Å². The van der Waals surface area contributed by atoms with Gasteiger partial charge in [-0.05, 0) is 136 Å². The van der Waals surface area contributed by atoms with E-state index in [2.05, 4.69) is 73.1 Å². The summed E-state index contributed by atoms with van der Waals surface area (Å²) in [5.41, 5.74) is 61.5. The van der Waals surface area contributed by atoms with Gasteiger partial charge in [-0.25, -0.2) is 4.79 Å². The first-order valence-electron chi connectivity index (χ1n) is 31.6. The summed E-state index contributed by atoms with van der Waals surface area (Å²) in [7, 11) is 0. The Kier molecular flexibility index (Phi) is 42.8. The van der Waals surface area contributed by atoms with Gasteiger partial charge in [-0.2, -0.15) is 0 Å². The first-order valence-corrected chi connectivity index (χ1v) is 31.6. The first kappa shape index (κ1) is 86.6. The number of guanidine groups is 4. The van der Waals surface area contributed by atoms with Crippen molar-refractivity contribution < 1.29 is 72.9 Å². The van der Waals surface area contributed by atoms with Crippen molar-refractivity contribution in [3.8, 4) is 0 Å². The number of aliphatic carboxylic acids is 2. The number of nitrogens with zero attached hydrogens (tertiary/aromatic N) is 4. The number of amides is 10. The van der Waals surface area contributed by atoms with Gasteiger partial charge in [-0.1, -0.05) is 13.8 Å². The highest BCUT2D eigenvalue weighted by atomic mass is 16.4. The van der Waals surface area contributed by atoms with Crippen LogP contribution in [0.5, 0.6) is 0 Å². The van der Waals surface area contributed by atoms with E-state index in [9.17, 15) is 72.9 Å². The molecule has 40 heteroatoms. The Hall–Kier alpha value is -9.44. The first-order chi connectivity index (χ1) is 45.1. The van der Waals surface area contributed by atoms with Gasteiger partial charge in [0.05, 0.1) is 6.10 Å². The molecule has 0 bridgehead atoms. The summed E-state index contributed by atoms with van der Waals surface area (Å²) >= 11 is 0. The Balaban J connectivity index is 7.47. The van der Waals surface area contributed by atoms with Gasteiger partial charge in [0.2, 0.25) is 59.1 Å². The molecule has 0 aromatic carbocycles. The van der Waals surface area contributed by atoms with Crippen molar-refractivity contribution in [1.82, 2.24) is 53.2 Å². The fraction of sp³-hybridized carbons (Fsp3) is 0.714. The lowest BCUT2D eigenvalue weighted by molar-refractivity contribution is -0.143. The van der Waals surface area contributed by atoms with E-state index in [0.717, 1.165) is 0 Å². The van der Waals surface area contributed by atoms with Crippen LogP contribution in [-0.2, 0) is 57.5 Å². The average molecular weight is 1370 g/mol. The second-order valence-corrected chi connectivity index (χ2v) is 23.0. The van der Waals surface area contributed by atoms with Gasteiger partial charge < -0.3 is 132 Å². The number of carbonyl (C=O) groups excluding carboxylic acids is 10. The highest BCUT2D eigenvalue weighted by Crippen LogP contribution is 2.13. The summed E-state index contributed by atoms with van der Waals surface area (Å²) in [4.78, 5) is 179. The number of hydrogen-bond donors (Lipinski definition) is 24. The van der Waals surface area contributed by atoms with Gasteiger partial charge in [-0.15, -0.1) is 0 Å². The molecule has 0 saturated heterocycles. The van der Waals surface area contributed by atoms with E-state index in [1.54, 1.807) is 13.8 Å². The third kappa shape index (κ3) is 37.5. The van der Waals surface area contributed by atoms with Gasteiger partial charge in [0.1, 0.15) is 66.5 Å². The number of carboxylic acid groups (broad SMARTS) is 2. The Morgan fingerprint density at radius 2 is 0.594 bits per heavy atom. The molecule has 0 rings (SSSR count). The zero-order chi connectivity index (χ0) is 73.2. The molecular weight excluding hydrogens is 1260 g/mol. The monoisotopic (exact) mass is 1370 g/mol. The molecule has 40 nitrogen and oxygen atoms in total. The molecule has 0 aromatic heterocycles. The number of rotatable bonds is 50. The van der Waals surface area contributed by atoms with Crippen molar-refractivity contribution in [2.45, 2.75) is 210 Å². The Bertz CT molecular complexity index is 2650. The van der Waals surface area contributed by atoms with Crippen LogP contribution in [0.15, 0.2) is 20.0 Å². The van der Waals surface area contributed by atoms with E-state index < -0.39 is 162 Å². The number of nitrogens with two attached hydrogens (primary N) is 11. The maximum absolute atomic E-state index is 14.7. The molecule has 0 aliphatic rings. The molecule has 12 atom stereocenters. The standard InChI is InChI=1S/C56H107N25O15/c1-28(2)41(52(95)96)81-50(93)37(19-13-27-71-56(66)67)80-45(88)33(15-7-9-23-58)75-44(87)32(14-6-8-22-57)76-46(89)34(16-10-24-68-53(60)61)77-47(90)35(17-11-25-69-54(62)63)78-48(91)36(18-12-26-70-55(64)65)79-49(92)38(20-21-39(83)84)74-43(86)30(4)72-42(85)29(3)73-51(94)40(59)31(5)82/h28-38,40-41,82H,6-27,57-59H2,1-5H3,(H,72,85)(H,73,94)(H,74,86)(H,75,87)(H,76,89)(H,77,90)(H,78,91)(H,79,92)(H,80,88)(H,81,93)(H,83,84)(H,95,96)(H4,60,61,68)(H4,62,63,69)(H4,64,65,70)(H4,66,67,71)/t29-,30-,31+,32-,33-,34-,35-,36-,37-,38-,40-,41-/m0/s1. The minimum atomic E-state index is -1.69. The van der Waals surface area contributed by atoms with E-state index in [0.29, 0.717) is 12.8 Å². The molecule has 0 fully saturated rings. The maximum atomic E-state index is 14.7. The molecule has 0 aromatic rings. The van der Waals surface area contributed by atoms with Crippen LogP contribution < -0.4 is 116 Å². The Morgan fingerprint density at radius 1 is 0.344 bits per heavy atom. The van der Waals surface area contributed by atoms with Crippen LogP contribution in [0.4, 0.5) is 0 Å². The maximum Gasteiger partial charge on any atom is 0.326 e. The number of aliphatic imine (C=N–C) groups is 4. The summed E-state index contributed by atoms with van der Waals surface area (Å²) in [5.74, 6) is -13.9. The topological polar surface area (TPSA) is 721 Å². The quantitative estimate of drug-likeness (QED) is 0.0153. The Morgan fingerprint density at radius 3 is 0.844 bits per heavy atom. The van der Waals surface area contributed by atoms with Crippen LogP contribution in [0.3, 0.4) is 0 Å². The summed E-state index contributed by atoms with van der Waals surface area (Å²) in [6.07, 6.45) is -1.92. The molecule has 0 heterocycles. The van der Waals surface area contributed by atoms with Crippen molar-refractivity contribution in [1.29, 1.82) is 0 Å². The number of aliphatic hydroxyl groups is 1. The molecule has 96 heavy (non-hydrogen) atoms. The number of nitrogens with one attached hydrogen (secondary N) is 10. The van der Waals surface area contributed by atoms with Crippen molar-refractivity contribution in [2.75, 3.05) is 39.3 Å². The molecule has 0 aliphatic carbocycles. The van der Waals surface area contributed by atoms with Gasteiger partial charge in [0.25, 0.3) is 0 Å². The highest BCUT2D eigenvalue weighted by Gasteiger charge is 2.36. The smallest absolute Gasteiger partial charge is 0.326 e. The molecule has 10 amide bonds. The lowest BCUT2D eigenvalue weighted by atomic mass is 10.0. The fourth-order valence-corrected chi connectivity index (χ4v) is 8.85. The minimum absolute atomic E-state index is 0.00526. The predicted molar refractivity (Wildman–Crippen MR) is 355 cm³/mol. The lowest BCUT2D eigenvalue weighted by Gasteiger charge is -2.28. The van der Waals surface area contributed by atoms with Crippen molar-refractivity contribution in [2.24, 2.45) is 89.0 Å². The van der Waals surface area contributed by atoms with E-state index in [4.69, 9.17) is 63.1 Å². The minimum Gasteiger partial charge on any atom is -0.481 e. The van der Waals surface area contributed by atoms with Crippen LogP contribution in [0.1, 0.15) is 137 Å². The van der Waals surface area contributed by atoms with Crippen LogP contribution in [0, 0.1) is 5.92 Å². The van der Waals surface area contributed by atoms with Gasteiger partial charge >= 0.3 is 11.9 Å². The van der Waals surface area contributed by atoms with Gasteiger partial charge in [0.15, 0.2) is 23.8 Å². The normalized spacial score (nSPS) is 14.7. The average Bonchev–Trinajstić information content (AvgIpc) is 0.955. The number of hydrogen-bond acceptors (Lipinski definition) is 20. The zero-order valence-electron chi connectivity index (χ0n) is 55.4. The lowest BCUT2D eigenvalue weighted by Crippen LogP contribution is -2.60. The molecular formula is C56H107N25O15. The van der Waals surface area contributed by atoms with Crippen molar-refractivity contribution in [3.05, 3.63) is 0 Å². The van der Waals surface area contributed by atoms with Crippen molar-refractivity contribution in [3.63, 3.8) is 0 Å². The summed E-state index contributed by atoms with van der Waals surface area (Å²) in [5, 5.41) is 54.2. The van der Waals surface area contributed by atoms with Crippen molar-refractivity contribution >= 4 is 94.8 Å². The number of aliphatic hydroxyl groups excluding tert-OH is 1. The molecule has 546 valence electrons. The third-order valence-corrected chi connectivity index (χ3v) is 14.3. The molecule has 0 saturated carbocycles. The second-order valence-electron chi connectivity index (χ2n) is 23.0. The van der Waals surface area contributed by atoms with Crippen LogP contribution in [0.2, 0.25) is 0 Å². The molecule has 0 aliphatic heterocycles. The van der Waals surface area contributed by atoms with Crippen LogP contribution >= 0.6 is 0 Å². The van der Waals surface area contributed by atoms with E-state index in [1.807, 2.05) is 0 Å². The van der Waals surface area contributed by atoms with E-state index in [-0.39, 0.29) is 140 Å². The van der Waals surface area contributed by atoms with E-state index in [1.165, 1.54) is 20.8 Å². The highest BCUT2D eigenvalue weighted by molar-refractivity contribution is 5.99. The fourth-order valence-electron chi connectivity index (χ4n) is 8.85. The number of carboxylic acids is 2. The van der Waals surface area contributed by atoms with Crippen LogP contribution in [-0.4, -0.2) is 222 Å².